The first-order valence-corrected chi connectivity index (χ1v) is 10.7. The third-order valence-corrected chi connectivity index (χ3v) is 5.88. The Morgan fingerprint density at radius 1 is 1.16 bits per heavy atom. The van der Waals surface area contributed by atoms with Crippen molar-refractivity contribution in [2.24, 2.45) is 5.92 Å². The maximum atomic E-state index is 14.4. The third kappa shape index (κ3) is 4.36. The summed E-state index contributed by atoms with van der Waals surface area (Å²) in [5.74, 6) is -0.451. The second-order valence-electron chi connectivity index (χ2n) is 7.78. The first-order valence-electron chi connectivity index (χ1n) is 10.3. The molecule has 4 rings (SSSR count). The number of benzene rings is 1. The molecule has 0 atom stereocenters. The predicted molar refractivity (Wildman–Crippen MR) is 118 cm³/mol. The van der Waals surface area contributed by atoms with Crippen molar-refractivity contribution in [3.8, 4) is 11.3 Å². The molecule has 9 heteroatoms. The van der Waals surface area contributed by atoms with Gasteiger partial charge in [-0.2, -0.15) is 0 Å². The fourth-order valence-electron chi connectivity index (χ4n) is 3.86. The number of hydrogen-bond acceptors (Lipinski definition) is 5. The zero-order valence-corrected chi connectivity index (χ0v) is 18.4. The number of pyridine rings is 1. The molecule has 0 spiro atoms. The number of amides is 2. The van der Waals surface area contributed by atoms with E-state index < -0.39 is 5.82 Å². The van der Waals surface area contributed by atoms with Crippen LogP contribution < -0.4 is 5.32 Å². The SMILES string of the molecule is Cc1cccc(NC(=O)C2CCN(C(=O)c3c(-c4c(F)cccc4Cl)noc3C)CC2)n1. The third-order valence-electron chi connectivity index (χ3n) is 5.57. The Bertz CT molecular complexity index is 1150. The summed E-state index contributed by atoms with van der Waals surface area (Å²) in [6, 6.07) is 9.71. The van der Waals surface area contributed by atoms with E-state index in [0.29, 0.717) is 31.7 Å². The number of aryl methyl sites for hydroxylation is 2. The van der Waals surface area contributed by atoms with Crippen LogP contribution in [-0.2, 0) is 4.79 Å². The second kappa shape index (κ2) is 9.08. The van der Waals surface area contributed by atoms with Gasteiger partial charge in [0.2, 0.25) is 5.91 Å². The van der Waals surface area contributed by atoms with Crippen LogP contribution in [0.15, 0.2) is 40.9 Å². The highest BCUT2D eigenvalue weighted by atomic mass is 35.5. The molecule has 1 aromatic carbocycles. The van der Waals surface area contributed by atoms with Gasteiger partial charge in [-0.25, -0.2) is 9.37 Å². The minimum absolute atomic E-state index is 0.0364. The normalized spacial score (nSPS) is 14.4. The van der Waals surface area contributed by atoms with Crippen LogP contribution >= 0.6 is 11.6 Å². The second-order valence-corrected chi connectivity index (χ2v) is 8.19. The Labute approximate surface area is 189 Å². The lowest BCUT2D eigenvalue weighted by Gasteiger charge is -2.31. The number of aromatic nitrogens is 2. The van der Waals surface area contributed by atoms with Crippen LogP contribution in [0, 0.1) is 25.6 Å². The summed E-state index contributed by atoms with van der Waals surface area (Å²) in [4.78, 5) is 31.8. The molecule has 2 aromatic heterocycles. The lowest BCUT2D eigenvalue weighted by molar-refractivity contribution is -0.121. The van der Waals surface area contributed by atoms with Gasteiger partial charge < -0.3 is 14.7 Å². The smallest absolute Gasteiger partial charge is 0.259 e. The lowest BCUT2D eigenvalue weighted by Crippen LogP contribution is -2.41. The number of carbonyl (C=O) groups excluding carboxylic acids is 2. The molecule has 0 saturated carbocycles. The zero-order chi connectivity index (χ0) is 22.8. The molecule has 7 nitrogen and oxygen atoms in total. The molecule has 1 N–H and O–H groups in total. The quantitative estimate of drug-likeness (QED) is 0.618. The number of anilines is 1. The van der Waals surface area contributed by atoms with Gasteiger partial charge in [0.1, 0.15) is 28.7 Å². The van der Waals surface area contributed by atoms with E-state index in [4.69, 9.17) is 16.1 Å². The number of likely N-dealkylation sites (tertiary alicyclic amines) is 1. The lowest BCUT2D eigenvalue weighted by atomic mass is 9.95. The highest BCUT2D eigenvalue weighted by molar-refractivity contribution is 6.33. The number of piperidine rings is 1. The molecule has 32 heavy (non-hydrogen) atoms. The maximum Gasteiger partial charge on any atom is 0.259 e. The number of nitrogens with zero attached hydrogens (tertiary/aromatic N) is 3. The Morgan fingerprint density at radius 3 is 2.56 bits per heavy atom. The van der Waals surface area contributed by atoms with Crippen molar-refractivity contribution in [2.75, 3.05) is 18.4 Å². The number of hydrogen-bond donors (Lipinski definition) is 1. The van der Waals surface area contributed by atoms with Gasteiger partial charge in [0.05, 0.1) is 10.6 Å². The minimum atomic E-state index is -0.583. The first kappa shape index (κ1) is 22.0. The van der Waals surface area contributed by atoms with Gasteiger partial charge >= 0.3 is 0 Å². The maximum absolute atomic E-state index is 14.4. The molecule has 2 amide bonds. The Morgan fingerprint density at radius 2 is 1.88 bits per heavy atom. The topological polar surface area (TPSA) is 88.3 Å². The summed E-state index contributed by atoms with van der Waals surface area (Å²) >= 11 is 6.17. The molecular weight excluding hydrogens is 435 g/mol. The molecule has 166 valence electrons. The monoisotopic (exact) mass is 456 g/mol. The first-order chi connectivity index (χ1) is 15.3. The Hall–Kier alpha value is -3.26. The van der Waals surface area contributed by atoms with E-state index in [1.54, 1.807) is 17.9 Å². The highest BCUT2D eigenvalue weighted by Crippen LogP contribution is 2.34. The van der Waals surface area contributed by atoms with Gasteiger partial charge in [0.15, 0.2) is 0 Å². The van der Waals surface area contributed by atoms with E-state index in [1.165, 1.54) is 18.2 Å². The van der Waals surface area contributed by atoms with E-state index in [-0.39, 0.29) is 45.3 Å². The summed E-state index contributed by atoms with van der Waals surface area (Å²) in [6.45, 7) is 4.23. The van der Waals surface area contributed by atoms with Gasteiger partial charge in [-0.05, 0) is 51.0 Å². The zero-order valence-electron chi connectivity index (χ0n) is 17.7. The molecule has 0 radical (unpaired) electrons. The molecule has 3 heterocycles. The summed E-state index contributed by atoms with van der Waals surface area (Å²) in [7, 11) is 0. The number of halogens is 2. The molecule has 1 fully saturated rings. The van der Waals surface area contributed by atoms with Crippen LogP contribution in [0.1, 0.15) is 34.7 Å². The van der Waals surface area contributed by atoms with Crippen molar-refractivity contribution in [1.82, 2.24) is 15.0 Å². The van der Waals surface area contributed by atoms with Gasteiger partial charge in [-0.3, -0.25) is 9.59 Å². The number of rotatable bonds is 4. The number of nitrogens with one attached hydrogen (secondary N) is 1. The van der Waals surface area contributed by atoms with E-state index in [2.05, 4.69) is 15.5 Å². The van der Waals surface area contributed by atoms with Gasteiger partial charge in [-0.15, -0.1) is 0 Å². The van der Waals surface area contributed by atoms with E-state index in [9.17, 15) is 14.0 Å². The van der Waals surface area contributed by atoms with Crippen molar-refractivity contribution in [2.45, 2.75) is 26.7 Å². The summed E-state index contributed by atoms with van der Waals surface area (Å²) in [6.07, 6.45) is 1.01. The van der Waals surface area contributed by atoms with Crippen LogP contribution in [0.4, 0.5) is 10.2 Å². The van der Waals surface area contributed by atoms with Crippen LogP contribution in [0.3, 0.4) is 0 Å². The van der Waals surface area contributed by atoms with Crippen molar-refractivity contribution < 1.29 is 18.5 Å². The van der Waals surface area contributed by atoms with Crippen LogP contribution in [0.25, 0.3) is 11.3 Å². The highest BCUT2D eigenvalue weighted by Gasteiger charge is 2.32. The summed E-state index contributed by atoms with van der Waals surface area (Å²) in [5, 5.41) is 6.89. The molecule has 0 unspecified atom stereocenters. The standard InChI is InChI=1S/C23H22ClFN4O3/c1-13-5-3-8-18(26-13)27-22(30)15-9-11-29(12-10-15)23(31)19-14(2)32-28-21(19)20-16(24)6-4-7-17(20)25/h3-8,15H,9-12H2,1-2H3,(H,26,27,30). The molecule has 1 aliphatic heterocycles. The van der Waals surface area contributed by atoms with E-state index in [0.717, 1.165) is 5.69 Å². The van der Waals surface area contributed by atoms with Crippen LogP contribution in [0.2, 0.25) is 5.02 Å². The van der Waals surface area contributed by atoms with Gasteiger partial charge in [-0.1, -0.05) is 28.9 Å². The molecule has 3 aromatic rings. The average molecular weight is 457 g/mol. The van der Waals surface area contributed by atoms with Crippen molar-refractivity contribution in [1.29, 1.82) is 0 Å². The van der Waals surface area contributed by atoms with Crippen molar-refractivity contribution >= 4 is 29.2 Å². The fraction of sp³-hybridized carbons (Fsp3) is 0.304. The van der Waals surface area contributed by atoms with Crippen molar-refractivity contribution in [3.63, 3.8) is 0 Å². The summed E-state index contributed by atoms with van der Waals surface area (Å²) in [5.41, 5.74) is 1.12. The van der Waals surface area contributed by atoms with E-state index in [1.807, 2.05) is 19.1 Å². The van der Waals surface area contributed by atoms with E-state index >= 15 is 0 Å². The number of carbonyl (C=O) groups is 2. The minimum Gasteiger partial charge on any atom is -0.360 e. The molecular formula is C23H22ClFN4O3. The largest absolute Gasteiger partial charge is 0.360 e. The average Bonchev–Trinajstić information content (AvgIpc) is 3.14. The molecule has 1 saturated heterocycles. The van der Waals surface area contributed by atoms with Crippen molar-refractivity contribution in [3.05, 3.63) is 64.3 Å². The molecule has 1 aliphatic rings. The van der Waals surface area contributed by atoms with Crippen LogP contribution in [-0.4, -0.2) is 39.9 Å². The Balaban J connectivity index is 1.47. The van der Waals surface area contributed by atoms with Gasteiger partial charge in [0, 0.05) is 24.7 Å². The summed E-state index contributed by atoms with van der Waals surface area (Å²) < 4.78 is 19.6. The Kier molecular flexibility index (Phi) is 6.23. The van der Waals surface area contributed by atoms with Gasteiger partial charge in [0.25, 0.3) is 5.91 Å². The fourth-order valence-corrected chi connectivity index (χ4v) is 4.12. The van der Waals surface area contributed by atoms with Crippen LogP contribution in [0.5, 0.6) is 0 Å². The molecule has 0 bridgehead atoms. The molecule has 0 aliphatic carbocycles. The predicted octanol–water partition coefficient (Wildman–Crippen LogP) is 4.64.